The minimum absolute atomic E-state index is 0.315. The second-order valence-electron chi connectivity index (χ2n) is 5.35. The highest BCUT2D eigenvalue weighted by Crippen LogP contribution is 2.30. The van der Waals surface area contributed by atoms with E-state index >= 15 is 0 Å². The van der Waals surface area contributed by atoms with Crippen molar-refractivity contribution in [3.8, 4) is 0 Å². The Morgan fingerprint density at radius 2 is 1.90 bits per heavy atom. The molecule has 20 heavy (non-hydrogen) atoms. The molecule has 0 bridgehead atoms. The van der Waals surface area contributed by atoms with Gasteiger partial charge in [-0.3, -0.25) is 0 Å². The van der Waals surface area contributed by atoms with Crippen molar-refractivity contribution in [2.75, 3.05) is 6.54 Å². The molecule has 1 nitrogen and oxygen atoms in total. The largest absolute Gasteiger partial charge is 0.416 e. The first-order valence-corrected chi connectivity index (χ1v) is 7.28. The number of nitrogens with one attached hydrogen (secondary N) is 1. The third kappa shape index (κ3) is 5.16. The maximum absolute atomic E-state index is 12.7. The lowest BCUT2D eigenvalue weighted by atomic mass is 9.91. The summed E-state index contributed by atoms with van der Waals surface area (Å²) in [5, 5.41) is 3.46. The van der Waals surface area contributed by atoms with Gasteiger partial charge in [0.15, 0.2) is 0 Å². The van der Waals surface area contributed by atoms with E-state index in [9.17, 15) is 13.2 Å². The van der Waals surface area contributed by atoms with Gasteiger partial charge in [0.05, 0.1) is 5.56 Å². The van der Waals surface area contributed by atoms with Gasteiger partial charge < -0.3 is 5.32 Å². The highest BCUT2D eigenvalue weighted by Gasteiger charge is 2.30. The Hall–Kier alpha value is -1.03. The Kier molecular flexibility index (Phi) is 6.53. The molecule has 0 fully saturated rings. The zero-order chi connectivity index (χ0) is 15.2. The summed E-state index contributed by atoms with van der Waals surface area (Å²) in [5.74, 6) is 0.315. The average Bonchev–Trinajstić information content (AvgIpc) is 2.39. The predicted octanol–water partition coefficient (Wildman–Crippen LogP) is 4.66. The summed E-state index contributed by atoms with van der Waals surface area (Å²) in [4.78, 5) is 0. The molecule has 0 aliphatic carbocycles. The smallest absolute Gasteiger partial charge is 0.314 e. The third-order valence-electron chi connectivity index (χ3n) is 3.60. The fraction of sp³-hybridized carbons (Fsp3) is 0.625. The van der Waals surface area contributed by atoms with E-state index in [0.29, 0.717) is 18.4 Å². The second-order valence-corrected chi connectivity index (χ2v) is 5.35. The Labute approximate surface area is 119 Å². The number of hydrogen-bond acceptors (Lipinski definition) is 1. The maximum atomic E-state index is 12.7. The highest BCUT2D eigenvalue weighted by molar-refractivity contribution is 5.26. The molecule has 2 atom stereocenters. The van der Waals surface area contributed by atoms with Crippen LogP contribution in [0.15, 0.2) is 24.3 Å². The topological polar surface area (TPSA) is 12.0 Å². The summed E-state index contributed by atoms with van der Waals surface area (Å²) in [6, 6.07) is 6.01. The summed E-state index contributed by atoms with van der Waals surface area (Å²) >= 11 is 0. The van der Waals surface area contributed by atoms with Gasteiger partial charge in [0.2, 0.25) is 0 Å². The van der Waals surface area contributed by atoms with Crippen molar-refractivity contribution in [2.45, 2.75) is 52.3 Å². The molecular weight excluding hydrogens is 263 g/mol. The van der Waals surface area contributed by atoms with E-state index in [1.807, 2.05) is 0 Å². The second kappa shape index (κ2) is 7.67. The molecule has 1 aromatic carbocycles. The van der Waals surface area contributed by atoms with Crippen molar-refractivity contribution in [1.82, 2.24) is 5.32 Å². The lowest BCUT2D eigenvalue weighted by molar-refractivity contribution is -0.137. The fourth-order valence-corrected chi connectivity index (χ4v) is 2.47. The van der Waals surface area contributed by atoms with Crippen LogP contribution in [0.2, 0.25) is 0 Å². The number of halogens is 3. The number of alkyl halides is 3. The SMILES string of the molecule is CCCNC(CC)C(C)Cc1cccc(C(F)(F)F)c1. The summed E-state index contributed by atoms with van der Waals surface area (Å²) in [6.07, 6.45) is -1.55. The molecule has 0 amide bonds. The standard InChI is InChI=1S/C16H24F3N/c1-4-9-20-15(5-2)12(3)10-13-7-6-8-14(11-13)16(17,18)19/h6-8,11-12,15,20H,4-5,9-10H2,1-3H3. The van der Waals surface area contributed by atoms with Gasteiger partial charge in [-0.1, -0.05) is 39.0 Å². The average molecular weight is 287 g/mol. The van der Waals surface area contributed by atoms with Crippen molar-refractivity contribution < 1.29 is 13.2 Å². The molecule has 1 aromatic rings. The first kappa shape index (κ1) is 17.0. The minimum atomic E-state index is -4.26. The molecule has 0 saturated carbocycles. The van der Waals surface area contributed by atoms with E-state index in [4.69, 9.17) is 0 Å². The van der Waals surface area contributed by atoms with Crippen LogP contribution in [0.3, 0.4) is 0 Å². The lowest BCUT2D eigenvalue weighted by Crippen LogP contribution is -2.35. The van der Waals surface area contributed by atoms with Crippen LogP contribution < -0.4 is 5.32 Å². The Bertz CT molecular complexity index is 401. The fourth-order valence-electron chi connectivity index (χ4n) is 2.47. The van der Waals surface area contributed by atoms with Gasteiger partial charge in [-0.25, -0.2) is 0 Å². The van der Waals surface area contributed by atoms with Crippen LogP contribution in [0.4, 0.5) is 13.2 Å². The van der Waals surface area contributed by atoms with Gasteiger partial charge in [-0.2, -0.15) is 13.2 Å². The van der Waals surface area contributed by atoms with Crippen LogP contribution in [0.25, 0.3) is 0 Å². The molecule has 1 N–H and O–H groups in total. The van der Waals surface area contributed by atoms with Gasteiger partial charge in [0, 0.05) is 6.04 Å². The summed E-state index contributed by atoms with van der Waals surface area (Å²) < 4.78 is 38.1. The van der Waals surface area contributed by atoms with Crippen molar-refractivity contribution in [3.05, 3.63) is 35.4 Å². The summed E-state index contributed by atoms with van der Waals surface area (Å²) in [5.41, 5.74) is 0.195. The highest BCUT2D eigenvalue weighted by atomic mass is 19.4. The van der Waals surface area contributed by atoms with Gasteiger partial charge in [0.25, 0.3) is 0 Å². The van der Waals surface area contributed by atoms with E-state index in [1.54, 1.807) is 6.07 Å². The van der Waals surface area contributed by atoms with Crippen molar-refractivity contribution >= 4 is 0 Å². The Morgan fingerprint density at radius 3 is 2.45 bits per heavy atom. The number of hydrogen-bond donors (Lipinski definition) is 1. The van der Waals surface area contributed by atoms with Gasteiger partial charge in [0.1, 0.15) is 0 Å². The summed E-state index contributed by atoms with van der Waals surface area (Å²) in [6.45, 7) is 7.26. The molecule has 0 saturated heterocycles. The van der Waals surface area contributed by atoms with E-state index in [2.05, 4.69) is 26.1 Å². The van der Waals surface area contributed by atoms with E-state index in [1.165, 1.54) is 12.1 Å². The minimum Gasteiger partial charge on any atom is -0.314 e. The molecule has 0 aromatic heterocycles. The Morgan fingerprint density at radius 1 is 1.20 bits per heavy atom. The molecular formula is C16H24F3N. The first-order chi connectivity index (χ1) is 9.38. The molecule has 0 aliphatic heterocycles. The van der Waals surface area contributed by atoms with Gasteiger partial charge >= 0.3 is 6.18 Å². The van der Waals surface area contributed by atoms with Crippen LogP contribution in [-0.2, 0) is 12.6 Å². The maximum Gasteiger partial charge on any atom is 0.416 e. The quantitative estimate of drug-likeness (QED) is 0.769. The molecule has 0 spiro atoms. The molecule has 4 heteroatoms. The molecule has 0 aliphatic rings. The zero-order valence-corrected chi connectivity index (χ0v) is 12.4. The van der Waals surface area contributed by atoms with Crippen molar-refractivity contribution in [3.63, 3.8) is 0 Å². The summed E-state index contributed by atoms with van der Waals surface area (Å²) in [7, 11) is 0. The normalized spacial score (nSPS) is 15.1. The lowest BCUT2D eigenvalue weighted by Gasteiger charge is -2.24. The van der Waals surface area contributed by atoms with E-state index in [-0.39, 0.29) is 0 Å². The number of benzene rings is 1. The van der Waals surface area contributed by atoms with E-state index < -0.39 is 11.7 Å². The molecule has 1 rings (SSSR count). The van der Waals surface area contributed by atoms with Crippen LogP contribution in [0.1, 0.15) is 44.7 Å². The van der Waals surface area contributed by atoms with Crippen molar-refractivity contribution in [2.24, 2.45) is 5.92 Å². The third-order valence-corrected chi connectivity index (χ3v) is 3.60. The van der Waals surface area contributed by atoms with Crippen LogP contribution in [0.5, 0.6) is 0 Å². The molecule has 0 radical (unpaired) electrons. The van der Waals surface area contributed by atoms with Crippen LogP contribution in [0, 0.1) is 5.92 Å². The molecule has 0 heterocycles. The molecule has 2 unspecified atom stereocenters. The van der Waals surface area contributed by atoms with Gasteiger partial charge in [-0.15, -0.1) is 0 Å². The van der Waals surface area contributed by atoms with E-state index in [0.717, 1.165) is 31.0 Å². The molecule has 114 valence electrons. The van der Waals surface area contributed by atoms with Crippen LogP contribution >= 0.6 is 0 Å². The van der Waals surface area contributed by atoms with Crippen LogP contribution in [-0.4, -0.2) is 12.6 Å². The van der Waals surface area contributed by atoms with Crippen molar-refractivity contribution in [1.29, 1.82) is 0 Å². The van der Waals surface area contributed by atoms with Gasteiger partial charge in [-0.05, 0) is 43.4 Å². The first-order valence-electron chi connectivity index (χ1n) is 7.28. The predicted molar refractivity (Wildman–Crippen MR) is 76.7 cm³/mol. The number of rotatable bonds is 7. The Balaban J connectivity index is 2.72. The monoisotopic (exact) mass is 287 g/mol. The zero-order valence-electron chi connectivity index (χ0n) is 12.4.